The van der Waals surface area contributed by atoms with Gasteiger partial charge in [-0.2, -0.15) is 0 Å². The maximum Gasteiger partial charge on any atom is 0.178 e. The molecule has 1 heterocycles. The molecule has 1 saturated carbocycles. The summed E-state index contributed by atoms with van der Waals surface area (Å²) in [5.41, 5.74) is 1.67. The highest BCUT2D eigenvalue weighted by Gasteiger charge is 2.28. The van der Waals surface area contributed by atoms with Crippen molar-refractivity contribution in [2.45, 2.75) is 39.2 Å². The average molecular weight is 308 g/mol. The van der Waals surface area contributed by atoms with Gasteiger partial charge in [0.2, 0.25) is 0 Å². The molecule has 3 unspecified atom stereocenters. The molecule has 3 nitrogen and oxygen atoms in total. The first-order chi connectivity index (χ1) is 10.0. The summed E-state index contributed by atoms with van der Waals surface area (Å²) in [5, 5.41) is 0. The van der Waals surface area contributed by atoms with Crippen molar-refractivity contribution in [2.75, 3.05) is 7.11 Å². The second-order valence-electron chi connectivity index (χ2n) is 6.27. The molecule has 5 heteroatoms. The number of imidazole rings is 1. The minimum absolute atomic E-state index is 0.266. The van der Waals surface area contributed by atoms with Crippen LogP contribution < -0.4 is 4.74 Å². The minimum Gasteiger partial charge on any atom is -0.494 e. The van der Waals surface area contributed by atoms with Crippen LogP contribution in [0.15, 0.2) is 12.1 Å². The van der Waals surface area contributed by atoms with Crippen LogP contribution in [0.3, 0.4) is 0 Å². The molecular formula is C16H21FN2OS. The van der Waals surface area contributed by atoms with Crippen LogP contribution in [-0.2, 0) is 0 Å². The van der Waals surface area contributed by atoms with Gasteiger partial charge in [0, 0.05) is 18.2 Å². The number of benzene rings is 1. The summed E-state index contributed by atoms with van der Waals surface area (Å²) in [6, 6.07) is 3.59. The second kappa shape index (κ2) is 5.44. The third-order valence-electron chi connectivity index (χ3n) is 4.71. The number of methoxy groups -OCH3 is 1. The number of nitrogens with zero attached hydrogens (tertiary/aromatic N) is 1. The van der Waals surface area contributed by atoms with Gasteiger partial charge in [0.25, 0.3) is 0 Å². The fourth-order valence-electron chi connectivity index (χ4n) is 3.65. The molecule has 1 aromatic heterocycles. The number of fused-ring (bicyclic) bond motifs is 1. The summed E-state index contributed by atoms with van der Waals surface area (Å²) in [6.07, 6.45) is 3.53. The Labute approximate surface area is 129 Å². The summed E-state index contributed by atoms with van der Waals surface area (Å²) in [5.74, 6) is 1.24. The van der Waals surface area contributed by atoms with Gasteiger partial charge < -0.3 is 14.3 Å². The van der Waals surface area contributed by atoms with Crippen molar-refractivity contribution < 1.29 is 9.13 Å². The third-order valence-corrected chi connectivity index (χ3v) is 5.01. The lowest BCUT2D eigenvalue weighted by molar-refractivity contribution is 0.210. The van der Waals surface area contributed by atoms with Crippen LogP contribution in [0, 0.1) is 22.4 Å². The van der Waals surface area contributed by atoms with E-state index in [4.69, 9.17) is 17.0 Å². The Morgan fingerprint density at radius 2 is 2.10 bits per heavy atom. The lowest BCUT2D eigenvalue weighted by Gasteiger charge is -2.33. The standard InChI is InChI=1S/C16H21FN2OS/c1-9-4-5-13(10(2)6-9)19-14-8-15(20-3)11(17)7-12(14)18-16(19)21/h7-10,13H,4-6H2,1-3H3,(H,18,21). The molecule has 0 saturated heterocycles. The predicted octanol–water partition coefficient (Wildman–Crippen LogP) is 4.84. The predicted molar refractivity (Wildman–Crippen MR) is 84.8 cm³/mol. The fourth-order valence-corrected chi connectivity index (χ4v) is 3.99. The number of rotatable bonds is 2. The number of hydrogen-bond donors (Lipinski definition) is 1. The first-order valence-electron chi connectivity index (χ1n) is 7.49. The lowest BCUT2D eigenvalue weighted by Crippen LogP contribution is -2.24. The van der Waals surface area contributed by atoms with Crippen LogP contribution in [-0.4, -0.2) is 16.7 Å². The van der Waals surface area contributed by atoms with E-state index in [1.165, 1.54) is 26.0 Å². The van der Waals surface area contributed by atoms with E-state index < -0.39 is 0 Å². The number of nitrogens with one attached hydrogen (secondary N) is 1. The number of aromatic amines is 1. The SMILES string of the molecule is COc1cc2c(cc1F)[nH]c(=S)n2C1CCC(C)CC1C. The van der Waals surface area contributed by atoms with E-state index >= 15 is 0 Å². The molecule has 1 aromatic carbocycles. The van der Waals surface area contributed by atoms with Crippen molar-refractivity contribution >= 4 is 23.3 Å². The molecule has 0 bridgehead atoms. The van der Waals surface area contributed by atoms with E-state index in [9.17, 15) is 4.39 Å². The van der Waals surface area contributed by atoms with Crippen LogP contribution in [0.5, 0.6) is 5.75 Å². The average Bonchev–Trinajstić information content (AvgIpc) is 2.73. The Kier molecular flexibility index (Phi) is 3.78. The van der Waals surface area contributed by atoms with Crippen LogP contribution in [0.1, 0.15) is 39.2 Å². The highest BCUT2D eigenvalue weighted by molar-refractivity contribution is 7.71. The van der Waals surface area contributed by atoms with Crippen LogP contribution >= 0.6 is 12.2 Å². The Morgan fingerprint density at radius 3 is 2.76 bits per heavy atom. The summed E-state index contributed by atoms with van der Waals surface area (Å²) in [4.78, 5) is 3.13. The van der Waals surface area contributed by atoms with Gasteiger partial charge in [0.1, 0.15) is 0 Å². The lowest BCUT2D eigenvalue weighted by atomic mass is 9.79. The van der Waals surface area contributed by atoms with Crippen LogP contribution in [0.25, 0.3) is 11.0 Å². The summed E-state index contributed by atoms with van der Waals surface area (Å²) in [6.45, 7) is 4.58. The van der Waals surface area contributed by atoms with E-state index in [2.05, 4.69) is 23.4 Å². The van der Waals surface area contributed by atoms with Crippen molar-refractivity contribution in [2.24, 2.45) is 11.8 Å². The molecule has 2 aromatic rings. The van der Waals surface area contributed by atoms with Gasteiger partial charge >= 0.3 is 0 Å². The van der Waals surface area contributed by atoms with Gasteiger partial charge in [-0.15, -0.1) is 0 Å². The fraction of sp³-hybridized carbons (Fsp3) is 0.562. The number of ether oxygens (including phenoxy) is 1. The Morgan fingerprint density at radius 1 is 1.33 bits per heavy atom. The third kappa shape index (κ3) is 2.48. The largest absolute Gasteiger partial charge is 0.494 e. The molecule has 0 amide bonds. The van der Waals surface area contributed by atoms with Crippen molar-refractivity contribution in [1.29, 1.82) is 0 Å². The molecule has 1 aliphatic rings. The normalized spacial score (nSPS) is 26.2. The van der Waals surface area contributed by atoms with Gasteiger partial charge in [-0.3, -0.25) is 0 Å². The van der Waals surface area contributed by atoms with E-state index in [1.54, 1.807) is 6.07 Å². The van der Waals surface area contributed by atoms with Crippen molar-refractivity contribution in [3.05, 3.63) is 22.7 Å². The highest BCUT2D eigenvalue weighted by Crippen LogP contribution is 2.39. The molecule has 0 radical (unpaired) electrons. The van der Waals surface area contributed by atoms with Crippen LogP contribution in [0.4, 0.5) is 4.39 Å². The van der Waals surface area contributed by atoms with E-state index in [-0.39, 0.29) is 11.6 Å². The molecule has 0 aliphatic heterocycles. The summed E-state index contributed by atoms with van der Waals surface area (Å²) >= 11 is 5.48. The molecule has 3 atom stereocenters. The number of H-pyrrole nitrogens is 1. The quantitative estimate of drug-likeness (QED) is 0.804. The van der Waals surface area contributed by atoms with Gasteiger partial charge in [-0.25, -0.2) is 4.39 Å². The Bertz CT molecular complexity index is 721. The van der Waals surface area contributed by atoms with Crippen LogP contribution in [0.2, 0.25) is 0 Å². The molecular weight excluding hydrogens is 287 g/mol. The van der Waals surface area contributed by atoms with Gasteiger partial charge in [-0.05, 0) is 43.3 Å². The van der Waals surface area contributed by atoms with E-state index in [0.717, 1.165) is 23.4 Å². The number of aromatic nitrogens is 2. The molecule has 1 N–H and O–H groups in total. The van der Waals surface area contributed by atoms with Crippen molar-refractivity contribution in [1.82, 2.24) is 9.55 Å². The van der Waals surface area contributed by atoms with Gasteiger partial charge in [0.05, 0.1) is 18.1 Å². The zero-order chi connectivity index (χ0) is 15.1. The Hall–Kier alpha value is -1.36. The number of halogens is 1. The second-order valence-corrected chi connectivity index (χ2v) is 6.65. The molecule has 1 fully saturated rings. The minimum atomic E-state index is -0.362. The summed E-state index contributed by atoms with van der Waals surface area (Å²) < 4.78 is 21.8. The molecule has 0 spiro atoms. The summed E-state index contributed by atoms with van der Waals surface area (Å²) in [7, 11) is 1.49. The van der Waals surface area contributed by atoms with Crippen molar-refractivity contribution in [3.63, 3.8) is 0 Å². The first kappa shape index (κ1) is 14.6. The molecule has 3 rings (SSSR count). The topological polar surface area (TPSA) is 29.9 Å². The van der Waals surface area contributed by atoms with E-state index in [1.807, 2.05) is 0 Å². The maximum atomic E-state index is 13.8. The van der Waals surface area contributed by atoms with Gasteiger partial charge in [0.15, 0.2) is 16.3 Å². The van der Waals surface area contributed by atoms with Gasteiger partial charge in [-0.1, -0.05) is 13.8 Å². The molecule has 114 valence electrons. The van der Waals surface area contributed by atoms with Crippen molar-refractivity contribution in [3.8, 4) is 5.75 Å². The zero-order valence-electron chi connectivity index (χ0n) is 12.6. The number of hydrogen-bond acceptors (Lipinski definition) is 2. The Balaban J connectivity index is 2.13. The molecule has 21 heavy (non-hydrogen) atoms. The molecule has 1 aliphatic carbocycles. The maximum absolute atomic E-state index is 13.8. The van der Waals surface area contributed by atoms with E-state index in [0.29, 0.717) is 16.7 Å². The smallest absolute Gasteiger partial charge is 0.178 e. The first-order valence-corrected chi connectivity index (χ1v) is 7.89. The highest BCUT2D eigenvalue weighted by atomic mass is 32.1. The zero-order valence-corrected chi connectivity index (χ0v) is 13.5. The monoisotopic (exact) mass is 308 g/mol.